The van der Waals surface area contributed by atoms with Gasteiger partial charge in [-0.3, -0.25) is 4.79 Å². The van der Waals surface area contributed by atoms with Gasteiger partial charge in [0.1, 0.15) is 0 Å². The Balaban J connectivity index is 2.57. The third kappa shape index (κ3) is 5.62. The molecule has 1 N–H and O–H groups in total. The van der Waals surface area contributed by atoms with E-state index in [0.29, 0.717) is 24.4 Å². The predicted octanol–water partition coefficient (Wildman–Crippen LogP) is 2.89. The molecular weight excluding hydrogens is 262 g/mol. The van der Waals surface area contributed by atoms with Gasteiger partial charge in [-0.2, -0.15) is 0 Å². The maximum absolute atomic E-state index is 12.2. The number of hydrogen-bond acceptors (Lipinski definition) is 2. The topological polar surface area (TPSA) is 40.5 Å². The van der Waals surface area contributed by atoms with E-state index in [1.54, 1.807) is 11.8 Å². The molecule has 1 aromatic carbocycles. The average molecular weight is 284 g/mol. The van der Waals surface area contributed by atoms with Crippen LogP contribution in [-0.4, -0.2) is 34.6 Å². The van der Waals surface area contributed by atoms with E-state index in [0.717, 1.165) is 5.56 Å². The molecule has 0 heterocycles. The Morgan fingerprint density at radius 2 is 2.05 bits per heavy atom. The number of hydrogen-bond donors (Lipinski definition) is 1. The van der Waals surface area contributed by atoms with E-state index in [2.05, 4.69) is 0 Å². The fourth-order valence-corrected chi connectivity index (χ4v) is 2.19. The first-order chi connectivity index (χ1) is 8.90. The molecule has 1 rings (SSSR count). The van der Waals surface area contributed by atoms with Crippen molar-refractivity contribution in [2.75, 3.05) is 6.54 Å². The van der Waals surface area contributed by atoms with E-state index in [1.165, 1.54) is 0 Å². The quantitative estimate of drug-likeness (QED) is 0.872. The van der Waals surface area contributed by atoms with Gasteiger partial charge in [0.2, 0.25) is 5.91 Å². The minimum atomic E-state index is -0.502. The second-order valence-corrected chi connectivity index (χ2v) is 5.56. The Kier molecular flexibility index (Phi) is 6.32. The fraction of sp³-hybridized carbons (Fsp3) is 0.533. The van der Waals surface area contributed by atoms with Crippen LogP contribution in [0.1, 0.15) is 32.8 Å². The summed E-state index contributed by atoms with van der Waals surface area (Å²) in [7, 11) is 0. The van der Waals surface area contributed by atoms with E-state index < -0.39 is 6.10 Å². The van der Waals surface area contributed by atoms with Crippen molar-refractivity contribution in [3.8, 4) is 0 Å². The van der Waals surface area contributed by atoms with Gasteiger partial charge < -0.3 is 10.0 Å². The van der Waals surface area contributed by atoms with Crippen molar-refractivity contribution in [1.29, 1.82) is 0 Å². The number of nitrogens with zero attached hydrogens (tertiary/aromatic N) is 1. The Hall–Kier alpha value is -1.06. The highest BCUT2D eigenvalue weighted by Gasteiger charge is 2.18. The number of carbonyl (C=O) groups excluding carboxylic acids is 1. The zero-order valence-electron chi connectivity index (χ0n) is 11.8. The summed E-state index contributed by atoms with van der Waals surface area (Å²) >= 11 is 5.91. The maximum Gasteiger partial charge on any atom is 0.223 e. The fourth-order valence-electron chi connectivity index (χ4n) is 1.97. The molecule has 0 bridgehead atoms. The van der Waals surface area contributed by atoms with Gasteiger partial charge >= 0.3 is 0 Å². The van der Waals surface area contributed by atoms with Gasteiger partial charge in [0.05, 0.1) is 6.10 Å². The van der Waals surface area contributed by atoms with Crippen molar-refractivity contribution >= 4 is 17.5 Å². The van der Waals surface area contributed by atoms with Gasteiger partial charge in [-0.15, -0.1) is 0 Å². The Morgan fingerprint density at radius 3 is 2.58 bits per heavy atom. The van der Waals surface area contributed by atoms with Crippen molar-refractivity contribution in [2.24, 2.45) is 0 Å². The minimum Gasteiger partial charge on any atom is -0.392 e. The molecular formula is C15H22ClNO2. The van der Waals surface area contributed by atoms with E-state index in [1.807, 2.05) is 38.1 Å². The third-order valence-electron chi connectivity index (χ3n) is 2.92. The molecule has 1 amide bonds. The number of carbonyl (C=O) groups is 1. The van der Waals surface area contributed by atoms with Crippen LogP contribution >= 0.6 is 11.6 Å². The summed E-state index contributed by atoms with van der Waals surface area (Å²) in [4.78, 5) is 13.9. The first-order valence-corrected chi connectivity index (χ1v) is 7.00. The zero-order chi connectivity index (χ0) is 14.4. The predicted molar refractivity (Wildman–Crippen MR) is 78.3 cm³/mol. The van der Waals surface area contributed by atoms with Gasteiger partial charge in [0.15, 0.2) is 0 Å². The van der Waals surface area contributed by atoms with Crippen molar-refractivity contribution in [2.45, 2.75) is 45.8 Å². The number of benzene rings is 1. The van der Waals surface area contributed by atoms with E-state index >= 15 is 0 Å². The van der Waals surface area contributed by atoms with Gasteiger partial charge in [0, 0.05) is 24.0 Å². The molecule has 3 nitrogen and oxygen atoms in total. The van der Waals surface area contributed by atoms with Crippen LogP contribution in [0.4, 0.5) is 0 Å². The lowest BCUT2D eigenvalue weighted by atomic mass is 10.1. The van der Waals surface area contributed by atoms with Gasteiger partial charge in [-0.1, -0.05) is 23.7 Å². The summed E-state index contributed by atoms with van der Waals surface area (Å²) in [6.45, 7) is 5.99. The van der Waals surface area contributed by atoms with Gasteiger partial charge in [0.25, 0.3) is 0 Å². The largest absolute Gasteiger partial charge is 0.392 e. The smallest absolute Gasteiger partial charge is 0.223 e. The van der Waals surface area contributed by atoms with Gasteiger partial charge in [-0.05, 0) is 44.9 Å². The number of aryl methyl sites for hydroxylation is 1. The van der Waals surface area contributed by atoms with Crippen LogP contribution in [0.5, 0.6) is 0 Å². The number of halogens is 1. The highest BCUT2D eigenvalue weighted by molar-refractivity contribution is 6.30. The molecule has 19 heavy (non-hydrogen) atoms. The first-order valence-electron chi connectivity index (χ1n) is 6.62. The van der Waals surface area contributed by atoms with Crippen molar-refractivity contribution < 1.29 is 9.90 Å². The molecule has 0 saturated heterocycles. The van der Waals surface area contributed by atoms with Crippen LogP contribution in [0.15, 0.2) is 24.3 Å². The summed E-state index contributed by atoms with van der Waals surface area (Å²) in [6, 6.07) is 7.65. The van der Waals surface area contributed by atoms with Crippen LogP contribution < -0.4 is 0 Å². The van der Waals surface area contributed by atoms with Crippen molar-refractivity contribution in [1.82, 2.24) is 4.90 Å². The SMILES string of the molecule is CC(O)CN(C(=O)CCc1cccc(Cl)c1)C(C)C. The van der Waals surface area contributed by atoms with Crippen molar-refractivity contribution in [3.05, 3.63) is 34.9 Å². The van der Waals surface area contributed by atoms with Crippen LogP contribution in [0, 0.1) is 0 Å². The molecule has 1 atom stereocenters. The highest BCUT2D eigenvalue weighted by Crippen LogP contribution is 2.13. The summed E-state index contributed by atoms with van der Waals surface area (Å²) in [6.07, 6.45) is 0.603. The van der Waals surface area contributed by atoms with Gasteiger partial charge in [-0.25, -0.2) is 0 Å². The number of aliphatic hydroxyl groups excluding tert-OH is 1. The lowest BCUT2D eigenvalue weighted by molar-refractivity contribution is -0.134. The zero-order valence-corrected chi connectivity index (χ0v) is 12.5. The normalized spacial score (nSPS) is 12.5. The van der Waals surface area contributed by atoms with Crippen LogP contribution in [0.3, 0.4) is 0 Å². The van der Waals surface area contributed by atoms with Crippen LogP contribution in [0.2, 0.25) is 5.02 Å². The Bertz CT molecular complexity index is 418. The molecule has 0 spiro atoms. The van der Waals surface area contributed by atoms with Crippen LogP contribution in [-0.2, 0) is 11.2 Å². The monoisotopic (exact) mass is 283 g/mol. The molecule has 0 aliphatic rings. The molecule has 1 unspecified atom stereocenters. The Morgan fingerprint density at radius 1 is 1.37 bits per heavy atom. The third-order valence-corrected chi connectivity index (χ3v) is 3.16. The minimum absolute atomic E-state index is 0.0656. The van der Waals surface area contributed by atoms with E-state index in [-0.39, 0.29) is 11.9 Å². The maximum atomic E-state index is 12.2. The second-order valence-electron chi connectivity index (χ2n) is 5.12. The molecule has 106 valence electrons. The molecule has 4 heteroatoms. The average Bonchev–Trinajstić information content (AvgIpc) is 2.32. The molecule has 0 aromatic heterocycles. The van der Waals surface area contributed by atoms with Crippen LogP contribution in [0.25, 0.3) is 0 Å². The molecule has 0 saturated carbocycles. The lowest BCUT2D eigenvalue weighted by Crippen LogP contribution is -2.41. The molecule has 0 fully saturated rings. The standard InChI is InChI=1S/C15H22ClNO2/c1-11(2)17(10-12(3)18)15(19)8-7-13-5-4-6-14(16)9-13/h4-6,9,11-12,18H,7-8,10H2,1-3H3. The Labute approximate surface area is 120 Å². The van der Waals surface area contributed by atoms with E-state index in [4.69, 9.17) is 11.6 Å². The molecule has 0 aliphatic carbocycles. The molecule has 0 radical (unpaired) electrons. The van der Waals surface area contributed by atoms with E-state index in [9.17, 15) is 9.90 Å². The number of rotatable bonds is 6. The molecule has 1 aromatic rings. The number of amides is 1. The molecule has 0 aliphatic heterocycles. The highest BCUT2D eigenvalue weighted by atomic mass is 35.5. The summed E-state index contributed by atoms with van der Waals surface area (Å²) < 4.78 is 0. The second kappa shape index (κ2) is 7.51. The first kappa shape index (κ1) is 16.0. The summed E-state index contributed by atoms with van der Waals surface area (Å²) in [5.41, 5.74) is 1.06. The summed E-state index contributed by atoms with van der Waals surface area (Å²) in [5.74, 6) is 0.0656. The summed E-state index contributed by atoms with van der Waals surface area (Å²) in [5, 5.41) is 10.1. The lowest BCUT2D eigenvalue weighted by Gasteiger charge is -2.28. The number of aliphatic hydroxyl groups is 1. The van der Waals surface area contributed by atoms with Crippen molar-refractivity contribution in [3.63, 3.8) is 0 Å².